The Balaban J connectivity index is 0. The summed E-state index contributed by atoms with van der Waals surface area (Å²) in [4.78, 5) is 0. The van der Waals surface area contributed by atoms with Gasteiger partial charge in [0.2, 0.25) is 0 Å². The molecule has 0 rings (SSSR count). The first-order chi connectivity index (χ1) is 7.77. The van der Waals surface area contributed by atoms with E-state index in [9.17, 15) is 0 Å². The van der Waals surface area contributed by atoms with E-state index in [2.05, 4.69) is 19.2 Å². The first kappa shape index (κ1) is 15.8. The Morgan fingerprint density at radius 2 is 1.50 bits per heavy atom. The van der Waals surface area contributed by atoms with Crippen molar-refractivity contribution in [2.24, 2.45) is 5.92 Å². The summed E-state index contributed by atoms with van der Waals surface area (Å²) in [6.45, 7) is 12.5. The maximum atomic E-state index is 5.39. The molecule has 0 fully saturated rings. The van der Waals surface area contributed by atoms with Gasteiger partial charge in [-0.05, 0) is 19.4 Å². The van der Waals surface area contributed by atoms with Crippen LogP contribution in [0.4, 0.5) is 0 Å². The molecule has 0 amide bonds. The summed E-state index contributed by atoms with van der Waals surface area (Å²) in [5, 5.41) is 3.32. The van der Waals surface area contributed by atoms with Gasteiger partial charge in [0.1, 0.15) is 0 Å². The van der Waals surface area contributed by atoms with E-state index in [1.54, 1.807) is 0 Å². The lowest BCUT2D eigenvalue weighted by atomic mass is 10.2. The van der Waals surface area contributed by atoms with Crippen LogP contribution in [0.2, 0.25) is 0 Å². The van der Waals surface area contributed by atoms with Crippen molar-refractivity contribution >= 4 is 0 Å². The molecule has 0 aromatic carbocycles. The Kier molecular flexibility index (Phi) is 12.8. The molecule has 0 unspecified atom stereocenters. The van der Waals surface area contributed by atoms with Gasteiger partial charge in [-0.25, -0.2) is 0 Å². The second-order valence-electron chi connectivity index (χ2n) is 4.02. The monoisotopic (exact) mass is 235 g/mol. The first-order valence-corrected chi connectivity index (χ1v) is 6.21. The number of hydrogen-bond acceptors (Lipinski definition) is 4. The van der Waals surface area contributed by atoms with E-state index < -0.39 is 0 Å². The molecule has 0 aliphatic heterocycles. The van der Waals surface area contributed by atoms with Gasteiger partial charge in [0.15, 0.2) is 0 Å². The van der Waals surface area contributed by atoms with E-state index in [1.165, 1.54) is 0 Å². The van der Waals surface area contributed by atoms with Crippen molar-refractivity contribution in [3.63, 3.8) is 0 Å². The lowest BCUT2D eigenvalue weighted by Crippen LogP contribution is -2.24. The van der Waals surface area contributed by atoms with Crippen molar-refractivity contribution in [3.8, 4) is 0 Å². The highest BCUT2D eigenvalue weighted by molar-refractivity contribution is 4.49. The predicted molar refractivity (Wildman–Crippen MR) is 68.0 cm³/mol. The number of hydrogen-bond donors (Lipinski definition) is 1. The lowest BCUT2D eigenvalue weighted by molar-refractivity contribution is 0.0175. The lowest BCUT2D eigenvalue weighted by Gasteiger charge is -2.08. The Morgan fingerprint density at radius 1 is 0.938 bits per heavy atom. The highest BCUT2D eigenvalue weighted by Gasteiger charge is 1.93. The van der Waals surface area contributed by atoms with E-state index in [1.807, 2.05) is 6.92 Å². The summed E-state index contributed by atoms with van der Waals surface area (Å²) >= 11 is 0. The molecular weight excluding hydrogens is 206 g/mol. The van der Waals surface area contributed by atoms with Crippen LogP contribution in [0.15, 0.2) is 0 Å². The molecule has 0 aliphatic carbocycles. The summed E-state index contributed by atoms with van der Waals surface area (Å²) in [5.74, 6) is 0.696. The molecule has 100 valence electrons. The highest BCUT2D eigenvalue weighted by atomic mass is 16.5. The highest BCUT2D eigenvalue weighted by Crippen LogP contribution is 1.86. The van der Waals surface area contributed by atoms with Crippen LogP contribution < -0.4 is 5.32 Å². The van der Waals surface area contributed by atoms with Crippen molar-refractivity contribution in [2.45, 2.75) is 20.8 Å². The normalized spacial score (nSPS) is 11.2. The molecule has 0 aromatic rings. The number of ether oxygens (including phenoxy) is 3. The predicted octanol–water partition coefficient (Wildman–Crippen LogP) is 1.55. The number of nitrogens with one attached hydrogen (secondary N) is 1. The summed E-state index contributed by atoms with van der Waals surface area (Å²) in [5.41, 5.74) is 0. The molecule has 4 nitrogen and oxygen atoms in total. The third-order valence-electron chi connectivity index (χ3n) is 1.92. The molecule has 0 saturated carbocycles. The molecule has 0 saturated heterocycles. The van der Waals surface area contributed by atoms with Gasteiger partial charge < -0.3 is 19.5 Å². The van der Waals surface area contributed by atoms with Crippen molar-refractivity contribution in [1.29, 1.82) is 0 Å². The van der Waals surface area contributed by atoms with Gasteiger partial charge in [0, 0.05) is 14.6 Å². The van der Waals surface area contributed by atoms with Gasteiger partial charge in [0.25, 0.3) is 0 Å². The Morgan fingerprint density at radius 3 is 2.06 bits per heavy atom. The fourth-order valence-electron chi connectivity index (χ4n) is 1.12. The summed E-state index contributed by atoms with van der Waals surface area (Å²) in [6.07, 6.45) is 0. The third kappa shape index (κ3) is 13.8. The van der Waals surface area contributed by atoms with Gasteiger partial charge in [-0.1, -0.05) is 13.8 Å². The van der Waals surface area contributed by atoms with Gasteiger partial charge >= 0.3 is 0 Å². The SMILES string of the molecule is CCOCCOCCOCCNCC(C)C.[HH]. The van der Waals surface area contributed by atoms with E-state index >= 15 is 0 Å². The minimum absolute atomic E-state index is 0. The number of rotatable bonds is 12. The average molecular weight is 235 g/mol. The second-order valence-corrected chi connectivity index (χ2v) is 4.02. The molecule has 0 aromatic heterocycles. The van der Waals surface area contributed by atoms with E-state index in [0.29, 0.717) is 32.3 Å². The third-order valence-corrected chi connectivity index (χ3v) is 1.92. The largest absolute Gasteiger partial charge is 0.379 e. The molecule has 16 heavy (non-hydrogen) atoms. The van der Waals surface area contributed by atoms with Crippen molar-refractivity contribution in [2.75, 3.05) is 52.7 Å². The van der Waals surface area contributed by atoms with Gasteiger partial charge in [-0.2, -0.15) is 0 Å². The fraction of sp³-hybridized carbons (Fsp3) is 1.00. The quantitative estimate of drug-likeness (QED) is 0.521. The van der Waals surface area contributed by atoms with Gasteiger partial charge in [0.05, 0.1) is 33.0 Å². The molecule has 4 heteroatoms. The Labute approximate surface area is 101 Å². The van der Waals surface area contributed by atoms with E-state index in [-0.39, 0.29) is 1.43 Å². The molecular formula is C12H29NO3. The fourth-order valence-corrected chi connectivity index (χ4v) is 1.12. The minimum atomic E-state index is 0. The first-order valence-electron chi connectivity index (χ1n) is 6.21. The molecule has 0 bridgehead atoms. The zero-order valence-corrected chi connectivity index (χ0v) is 11.0. The summed E-state index contributed by atoms with van der Waals surface area (Å²) < 4.78 is 15.8. The average Bonchev–Trinajstić information content (AvgIpc) is 2.25. The summed E-state index contributed by atoms with van der Waals surface area (Å²) in [7, 11) is 0. The molecule has 1 N–H and O–H groups in total. The topological polar surface area (TPSA) is 39.7 Å². The van der Waals surface area contributed by atoms with Crippen LogP contribution in [0.1, 0.15) is 22.2 Å². The van der Waals surface area contributed by atoms with Crippen LogP contribution in [0.25, 0.3) is 0 Å². The smallest absolute Gasteiger partial charge is 0.0701 e. The van der Waals surface area contributed by atoms with E-state index in [0.717, 1.165) is 26.3 Å². The Hall–Kier alpha value is -0.160. The molecule has 0 radical (unpaired) electrons. The summed E-state index contributed by atoms with van der Waals surface area (Å²) in [6, 6.07) is 0. The van der Waals surface area contributed by atoms with E-state index in [4.69, 9.17) is 14.2 Å². The molecule has 0 aliphatic rings. The zero-order chi connectivity index (χ0) is 12.1. The molecule has 0 heterocycles. The van der Waals surface area contributed by atoms with Crippen LogP contribution in [0.5, 0.6) is 0 Å². The minimum Gasteiger partial charge on any atom is -0.379 e. The van der Waals surface area contributed by atoms with Crippen LogP contribution in [0, 0.1) is 5.92 Å². The molecule has 0 spiro atoms. The maximum absolute atomic E-state index is 5.39. The standard InChI is InChI=1S/C12H27NO3.H2/c1-4-14-7-8-16-10-9-15-6-5-13-11-12(2)3;/h12-13H,4-11H2,1-3H3;1H. The van der Waals surface area contributed by atoms with Crippen molar-refractivity contribution < 1.29 is 15.6 Å². The maximum Gasteiger partial charge on any atom is 0.0701 e. The van der Waals surface area contributed by atoms with Crippen LogP contribution in [-0.2, 0) is 14.2 Å². The van der Waals surface area contributed by atoms with Crippen LogP contribution in [-0.4, -0.2) is 52.7 Å². The van der Waals surface area contributed by atoms with Crippen LogP contribution >= 0.6 is 0 Å². The van der Waals surface area contributed by atoms with Crippen LogP contribution in [0.3, 0.4) is 0 Å². The van der Waals surface area contributed by atoms with Gasteiger partial charge in [-0.3, -0.25) is 0 Å². The van der Waals surface area contributed by atoms with Crippen molar-refractivity contribution in [3.05, 3.63) is 0 Å². The second kappa shape index (κ2) is 12.9. The Bertz CT molecular complexity index is 137. The zero-order valence-electron chi connectivity index (χ0n) is 11.0. The van der Waals surface area contributed by atoms with Gasteiger partial charge in [-0.15, -0.1) is 0 Å². The molecule has 0 atom stereocenters. The van der Waals surface area contributed by atoms with Crippen molar-refractivity contribution in [1.82, 2.24) is 5.32 Å².